The Morgan fingerprint density at radius 1 is 1.32 bits per heavy atom. The first-order chi connectivity index (χ1) is 12.0. The predicted molar refractivity (Wildman–Crippen MR) is 92.9 cm³/mol. The molecule has 1 amide bonds. The zero-order chi connectivity index (χ0) is 17.8. The molecule has 3 aromatic rings. The quantitative estimate of drug-likeness (QED) is 0.741. The van der Waals surface area contributed by atoms with E-state index in [1.54, 1.807) is 19.2 Å². The fourth-order valence-electron chi connectivity index (χ4n) is 2.38. The number of carbonyl (C=O) groups excluding carboxylic acids is 1. The predicted octanol–water partition coefficient (Wildman–Crippen LogP) is 3.27. The zero-order valence-corrected chi connectivity index (χ0v) is 14.4. The Balaban J connectivity index is 1.61. The molecule has 25 heavy (non-hydrogen) atoms. The fourth-order valence-corrected chi connectivity index (χ4v) is 2.38. The van der Waals surface area contributed by atoms with Crippen molar-refractivity contribution < 1.29 is 13.7 Å². The van der Waals surface area contributed by atoms with E-state index >= 15 is 0 Å². The smallest absolute Gasteiger partial charge is 0.239 e. The molecule has 2 heterocycles. The molecule has 130 valence electrons. The van der Waals surface area contributed by atoms with Gasteiger partial charge in [-0.2, -0.15) is 0 Å². The van der Waals surface area contributed by atoms with Gasteiger partial charge in [0.2, 0.25) is 11.8 Å². The molecule has 0 aliphatic heterocycles. The van der Waals surface area contributed by atoms with Gasteiger partial charge in [-0.3, -0.25) is 9.69 Å². The van der Waals surface area contributed by atoms with Crippen molar-refractivity contribution in [2.75, 3.05) is 18.9 Å². The first-order valence-electron chi connectivity index (χ1n) is 7.97. The highest BCUT2D eigenvalue weighted by Crippen LogP contribution is 2.25. The summed E-state index contributed by atoms with van der Waals surface area (Å²) < 4.78 is 10.8. The molecule has 0 aliphatic carbocycles. The van der Waals surface area contributed by atoms with E-state index in [1.165, 1.54) is 0 Å². The average molecular weight is 340 g/mol. The van der Waals surface area contributed by atoms with Gasteiger partial charge in [0.25, 0.3) is 0 Å². The number of hydrogen-bond donors (Lipinski definition) is 1. The van der Waals surface area contributed by atoms with E-state index in [-0.39, 0.29) is 18.5 Å². The summed E-state index contributed by atoms with van der Waals surface area (Å²) in [5.74, 6) is 2.14. The third-order valence-electron chi connectivity index (χ3n) is 3.89. The number of rotatable bonds is 6. The lowest BCUT2D eigenvalue weighted by molar-refractivity contribution is -0.117. The highest BCUT2D eigenvalue weighted by molar-refractivity contribution is 5.91. The van der Waals surface area contributed by atoms with Crippen molar-refractivity contribution in [3.05, 3.63) is 54.2 Å². The maximum Gasteiger partial charge on any atom is 0.239 e. The second kappa shape index (κ2) is 7.31. The summed E-state index contributed by atoms with van der Waals surface area (Å²) in [5.41, 5.74) is 0.968. The summed E-state index contributed by atoms with van der Waals surface area (Å²) >= 11 is 0. The SMILES string of the molecule is Cc1cc(NC(=O)CN(C)[C@H](C)c2ncc(-c3ccccc3)o2)no1. The zero-order valence-electron chi connectivity index (χ0n) is 14.4. The Morgan fingerprint density at radius 2 is 2.08 bits per heavy atom. The van der Waals surface area contributed by atoms with Crippen LogP contribution < -0.4 is 5.32 Å². The second-order valence-corrected chi connectivity index (χ2v) is 5.89. The highest BCUT2D eigenvalue weighted by Gasteiger charge is 2.20. The van der Waals surface area contributed by atoms with Crippen LogP contribution in [0.2, 0.25) is 0 Å². The molecule has 7 heteroatoms. The van der Waals surface area contributed by atoms with Gasteiger partial charge in [-0.15, -0.1) is 0 Å². The molecule has 0 spiro atoms. The largest absolute Gasteiger partial charge is 0.439 e. The third kappa shape index (κ3) is 4.13. The minimum absolute atomic E-state index is 0.151. The Hall–Kier alpha value is -2.93. The van der Waals surface area contributed by atoms with Gasteiger partial charge in [0.05, 0.1) is 18.8 Å². The lowest BCUT2D eigenvalue weighted by atomic mass is 10.2. The number of nitrogens with one attached hydrogen (secondary N) is 1. The van der Waals surface area contributed by atoms with Crippen LogP contribution in [0.1, 0.15) is 24.6 Å². The van der Waals surface area contributed by atoms with Crippen LogP contribution in [-0.2, 0) is 4.79 Å². The van der Waals surface area contributed by atoms with Crippen LogP contribution in [-0.4, -0.2) is 34.5 Å². The maximum absolute atomic E-state index is 12.1. The number of anilines is 1. The minimum atomic E-state index is -0.183. The number of nitrogens with zero attached hydrogens (tertiary/aromatic N) is 3. The van der Waals surface area contributed by atoms with Crippen molar-refractivity contribution in [1.29, 1.82) is 0 Å². The molecule has 0 aliphatic rings. The molecule has 0 unspecified atom stereocenters. The van der Waals surface area contributed by atoms with Gasteiger partial charge in [-0.25, -0.2) is 4.98 Å². The summed E-state index contributed by atoms with van der Waals surface area (Å²) in [7, 11) is 1.84. The van der Waals surface area contributed by atoms with Crippen molar-refractivity contribution in [2.24, 2.45) is 0 Å². The molecular weight excluding hydrogens is 320 g/mol. The Morgan fingerprint density at radius 3 is 2.76 bits per heavy atom. The molecule has 0 fully saturated rings. The first kappa shape index (κ1) is 16.9. The first-order valence-corrected chi connectivity index (χ1v) is 7.97. The molecule has 0 bridgehead atoms. The van der Waals surface area contributed by atoms with Crippen molar-refractivity contribution in [3.63, 3.8) is 0 Å². The van der Waals surface area contributed by atoms with Crippen LogP contribution >= 0.6 is 0 Å². The van der Waals surface area contributed by atoms with E-state index in [9.17, 15) is 4.79 Å². The number of aryl methyl sites for hydroxylation is 1. The van der Waals surface area contributed by atoms with Crippen LogP contribution in [0.5, 0.6) is 0 Å². The number of oxazole rings is 1. The minimum Gasteiger partial charge on any atom is -0.439 e. The van der Waals surface area contributed by atoms with Gasteiger partial charge in [-0.1, -0.05) is 35.5 Å². The van der Waals surface area contributed by atoms with E-state index in [1.807, 2.05) is 49.2 Å². The van der Waals surface area contributed by atoms with Crippen LogP contribution in [0.25, 0.3) is 11.3 Å². The van der Waals surface area contributed by atoms with Crippen molar-refractivity contribution in [1.82, 2.24) is 15.0 Å². The van der Waals surface area contributed by atoms with E-state index in [4.69, 9.17) is 8.94 Å². The normalized spacial score (nSPS) is 12.3. The second-order valence-electron chi connectivity index (χ2n) is 5.89. The van der Waals surface area contributed by atoms with E-state index in [0.717, 1.165) is 5.56 Å². The number of benzene rings is 1. The van der Waals surface area contributed by atoms with Crippen molar-refractivity contribution in [3.8, 4) is 11.3 Å². The molecule has 3 rings (SSSR count). The van der Waals surface area contributed by atoms with Gasteiger partial charge >= 0.3 is 0 Å². The average Bonchev–Trinajstić information content (AvgIpc) is 3.24. The molecule has 0 radical (unpaired) electrons. The summed E-state index contributed by atoms with van der Waals surface area (Å²) in [6.07, 6.45) is 1.70. The lowest BCUT2D eigenvalue weighted by Gasteiger charge is -2.21. The van der Waals surface area contributed by atoms with Gasteiger partial charge in [-0.05, 0) is 20.9 Å². The third-order valence-corrected chi connectivity index (χ3v) is 3.89. The highest BCUT2D eigenvalue weighted by atomic mass is 16.5. The summed E-state index contributed by atoms with van der Waals surface area (Å²) in [5, 5.41) is 6.44. The Kier molecular flexibility index (Phi) is 4.95. The molecule has 1 atom stereocenters. The maximum atomic E-state index is 12.1. The topological polar surface area (TPSA) is 84.4 Å². The summed E-state index contributed by atoms with van der Waals surface area (Å²) in [6, 6.07) is 11.3. The van der Waals surface area contributed by atoms with Crippen molar-refractivity contribution in [2.45, 2.75) is 19.9 Å². The monoisotopic (exact) mass is 340 g/mol. The molecule has 7 nitrogen and oxygen atoms in total. The Bertz CT molecular complexity index is 841. The molecule has 1 aromatic carbocycles. The van der Waals surface area contributed by atoms with Gasteiger partial charge in [0.1, 0.15) is 5.76 Å². The number of amides is 1. The van der Waals surface area contributed by atoms with Gasteiger partial charge < -0.3 is 14.3 Å². The molecule has 2 aromatic heterocycles. The van der Waals surface area contributed by atoms with Crippen molar-refractivity contribution >= 4 is 11.7 Å². The fraction of sp³-hybridized carbons (Fsp3) is 0.278. The lowest BCUT2D eigenvalue weighted by Crippen LogP contribution is -2.32. The van der Waals surface area contributed by atoms with Crippen LogP contribution in [0.15, 0.2) is 51.5 Å². The van der Waals surface area contributed by atoms with Crippen LogP contribution in [0.4, 0.5) is 5.82 Å². The molecule has 1 N–H and O–H groups in total. The van der Waals surface area contributed by atoms with Gasteiger partial charge in [0.15, 0.2) is 11.6 Å². The van der Waals surface area contributed by atoms with E-state index < -0.39 is 0 Å². The van der Waals surface area contributed by atoms with E-state index in [0.29, 0.717) is 23.2 Å². The summed E-state index contributed by atoms with van der Waals surface area (Å²) in [4.78, 5) is 18.3. The number of aromatic nitrogens is 2. The number of carbonyl (C=O) groups is 1. The number of likely N-dealkylation sites (N-methyl/N-ethyl adjacent to an activating group) is 1. The molecular formula is C18H20N4O3. The van der Waals surface area contributed by atoms with Gasteiger partial charge in [0, 0.05) is 11.6 Å². The van der Waals surface area contributed by atoms with E-state index in [2.05, 4.69) is 15.5 Å². The van der Waals surface area contributed by atoms with Crippen LogP contribution in [0, 0.1) is 6.92 Å². The van der Waals surface area contributed by atoms with Crippen LogP contribution in [0.3, 0.4) is 0 Å². The molecule has 0 saturated heterocycles. The standard InChI is InChI=1S/C18H20N4O3/c1-12-9-16(21-25-12)20-17(23)11-22(3)13(2)18-19-10-15(24-18)14-7-5-4-6-8-14/h4-10,13H,11H2,1-3H3,(H,20,21,23)/t13-/m1/s1. The molecule has 0 saturated carbocycles. The summed E-state index contributed by atoms with van der Waals surface area (Å²) in [6.45, 7) is 3.88. The Labute approximate surface area is 145 Å². The number of hydrogen-bond acceptors (Lipinski definition) is 6.